The van der Waals surface area contributed by atoms with Gasteiger partial charge in [0, 0.05) is 14.2 Å². The van der Waals surface area contributed by atoms with Crippen LogP contribution in [0.3, 0.4) is 0 Å². The Morgan fingerprint density at radius 1 is 1.43 bits per heavy atom. The first kappa shape index (κ1) is 13.3. The van der Waals surface area contributed by atoms with Crippen molar-refractivity contribution in [2.24, 2.45) is 0 Å². The van der Waals surface area contributed by atoms with Crippen molar-refractivity contribution in [2.75, 3.05) is 14.2 Å². The van der Waals surface area contributed by atoms with E-state index in [1.165, 1.54) is 6.26 Å². The molecule has 0 saturated carbocycles. The fourth-order valence-electron chi connectivity index (χ4n) is 0.597. The summed E-state index contributed by atoms with van der Waals surface area (Å²) in [6, 6.07) is 1.01. The summed E-state index contributed by atoms with van der Waals surface area (Å²) in [7, 11) is 1.74. The topological polar surface area (TPSA) is 44.8 Å². The van der Waals surface area contributed by atoms with E-state index in [0.29, 0.717) is 5.57 Å². The van der Waals surface area contributed by atoms with Gasteiger partial charge in [0.25, 0.3) is 0 Å². The molecule has 0 saturated heterocycles. The molecule has 0 aliphatic carbocycles. The highest BCUT2D eigenvalue weighted by Crippen LogP contribution is 2.08. The molecule has 4 nitrogen and oxygen atoms in total. The molecular formula is C9H18O4Si. The first-order valence-corrected chi connectivity index (χ1v) is 6.99. The van der Waals surface area contributed by atoms with Crippen LogP contribution in [0.5, 0.6) is 0 Å². The molecule has 0 aromatic carbocycles. The molecule has 0 spiro atoms. The highest BCUT2D eigenvalue weighted by molar-refractivity contribution is 6.65. The number of hydrogen-bond donors (Lipinski definition) is 0. The zero-order chi connectivity index (χ0) is 11.2. The van der Waals surface area contributed by atoms with E-state index in [1.54, 1.807) is 21.1 Å². The molecule has 0 atom stereocenters. The van der Waals surface area contributed by atoms with Crippen molar-refractivity contribution in [2.45, 2.75) is 26.4 Å². The fourth-order valence-corrected chi connectivity index (χ4v) is 1.34. The summed E-state index contributed by atoms with van der Waals surface area (Å²) in [5, 5.41) is 0. The lowest BCUT2D eigenvalue weighted by Crippen LogP contribution is -2.34. The third kappa shape index (κ3) is 4.04. The quantitative estimate of drug-likeness (QED) is 0.535. The van der Waals surface area contributed by atoms with Gasteiger partial charge in [0.15, 0.2) is 0 Å². The van der Waals surface area contributed by atoms with E-state index < -0.39 is 8.56 Å². The van der Waals surface area contributed by atoms with Crippen LogP contribution in [0, 0.1) is 0 Å². The van der Waals surface area contributed by atoms with Crippen molar-refractivity contribution < 1.29 is 18.4 Å². The maximum absolute atomic E-state index is 9.94. The Morgan fingerprint density at radius 2 is 1.86 bits per heavy atom. The molecule has 0 aromatic rings. The summed E-state index contributed by atoms with van der Waals surface area (Å²) in [5.41, 5.74) is 0.704. The normalized spacial score (nSPS) is 14.6. The minimum Gasteiger partial charge on any atom is -0.430 e. The number of cyclic esters (lactones) is 1. The predicted octanol–water partition coefficient (Wildman–Crippen LogP) is 1.82. The molecule has 1 aliphatic heterocycles. The van der Waals surface area contributed by atoms with Gasteiger partial charge in [0.2, 0.25) is 0 Å². The van der Waals surface area contributed by atoms with Gasteiger partial charge in [-0.1, -0.05) is 6.92 Å². The molecular weight excluding hydrogens is 200 g/mol. The second-order valence-electron chi connectivity index (χ2n) is 3.10. The Balaban J connectivity index is 0.000000249. The van der Waals surface area contributed by atoms with Crippen LogP contribution in [0.15, 0.2) is 11.8 Å². The van der Waals surface area contributed by atoms with Crippen LogP contribution >= 0.6 is 0 Å². The Bertz CT molecular complexity index is 213. The molecule has 0 unspecified atom stereocenters. The van der Waals surface area contributed by atoms with Gasteiger partial charge in [-0.2, -0.15) is 0 Å². The number of carbonyl (C=O) groups is 1. The van der Waals surface area contributed by atoms with E-state index in [2.05, 4.69) is 11.7 Å². The summed E-state index contributed by atoms with van der Waals surface area (Å²) >= 11 is 0. The molecule has 1 aliphatic rings. The minimum absolute atomic E-state index is 0.199. The highest BCUT2D eigenvalue weighted by Gasteiger charge is 2.24. The van der Waals surface area contributed by atoms with Gasteiger partial charge < -0.3 is 13.6 Å². The van der Waals surface area contributed by atoms with Crippen molar-refractivity contribution in [3.05, 3.63) is 11.8 Å². The van der Waals surface area contributed by atoms with Crippen molar-refractivity contribution >= 4 is 14.5 Å². The van der Waals surface area contributed by atoms with Crippen LogP contribution in [0.4, 0.5) is 0 Å². The molecule has 1 heterocycles. The van der Waals surface area contributed by atoms with Gasteiger partial charge in [-0.15, -0.1) is 0 Å². The van der Waals surface area contributed by atoms with E-state index in [1.807, 2.05) is 6.55 Å². The summed E-state index contributed by atoms with van der Waals surface area (Å²) in [4.78, 5) is 9.94. The van der Waals surface area contributed by atoms with E-state index in [0.717, 1.165) is 6.04 Å². The molecule has 0 N–H and O–H groups in total. The van der Waals surface area contributed by atoms with Gasteiger partial charge in [-0.05, 0) is 19.5 Å². The highest BCUT2D eigenvalue weighted by atomic mass is 28.4. The Kier molecular flexibility index (Phi) is 5.67. The van der Waals surface area contributed by atoms with Crippen LogP contribution < -0.4 is 0 Å². The van der Waals surface area contributed by atoms with Crippen LogP contribution in [0.1, 0.15) is 13.8 Å². The molecule has 1 rings (SSSR count). The molecule has 5 heteroatoms. The average molecular weight is 218 g/mol. The van der Waals surface area contributed by atoms with E-state index in [4.69, 9.17) is 8.85 Å². The lowest BCUT2D eigenvalue weighted by atomic mass is 10.3. The number of hydrogen-bond acceptors (Lipinski definition) is 4. The minimum atomic E-state index is -1.67. The fraction of sp³-hybridized carbons (Fsp3) is 0.667. The smallest absolute Gasteiger partial charge is 0.341 e. The predicted molar refractivity (Wildman–Crippen MR) is 56.0 cm³/mol. The Labute approximate surface area is 86.1 Å². The molecule has 0 bridgehead atoms. The Hall–Kier alpha value is -0.653. The zero-order valence-electron chi connectivity index (χ0n) is 9.42. The average Bonchev–Trinajstić information content (AvgIpc) is 2.26. The maximum Gasteiger partial charge on any atom is 0.341 e. The summed E-state index contributed by atoms with van der Waals surface area (Å²) in [6.45, 7) is 5.85. The first-order valence-electron chi connectivity index (χ1n) is 4.47. The summed E-state index contributed by atoms with van der Waals surface area (Å²) < 4.78 is 14.5. The number of ether oxygens (including phenoxy) is 1. The Morgan fingerprint density at radius 3 is 1.86 bits per heavy atom. The lowest BCUT2D eigenvalue weighted by molar-refractivity contribution is -0.138. The van der Waals surface area contributed by atoms with Crippen molar-refractivity contribution in [3.63, 3.8) is 0 Å². The molecule has 0 aromatic heterocycles. The summed E-state index contributed by atoms with van der Waals surface area (Å²) in [5.74, 6) is -0.199. The van der Waals surface area contributed by atoms with E-state index in [9.17, 15) is 4.79 Å². The molecule has 14 heavy (non-hydrogen) atoms. The van der Waals surface area contributed by atoms with Gasteiger partial charge in [-0.25, -0.2) is 4.79 Å². The standard InChI is InChI=1S/C5H14O2Si.C4H4O2/c1-5-8(4,6-2)7-3;1-3-2-6-4(3)5/h5H2,1-4H3;2H,1H3. The van der Waals surface area contributed by atoms with Gasteiger partial charge in [-0.3, -0.25) is 0 Å². The van der Waals surface area contributed by atoms with Crippen molar-refractivity contribution in [1.82, 2.24) is 0 Å². The van der Waals surface area contributed by atoms with Crippen LogP contribution in [0.25, 0.3) is 0 Å². The SMILES string of the molecule is CC1=COC1=O.CC[Si](C)(OC)OC. The third-order valence-electron chi connectivity index (χ3n) is 2.17. The number of rotatable bonds is 3. The lowest BCUT2D eigenvalue weighted by Gasteiger charge is -2.19. The van der Waals surface area contributed by atoms with E-state index in [-0.39, 0.29) is 5.97 Å². The van der Waals surface area contributed by atoms with E-state index >= 15 is 0 Å². The van der Waals surface area contributed by atoms with Crippen LogP contribution in [-0.4, -0.2) is 28.7 Å². The molecule has 0 radical (unpaired) electrons. The monoisotopic (exact) mass is 218 g/mol. The van der Waals surface area contributed by atoms with Gasteiger partial charge in [0.1, 0.15) is 6.26 Å². The largest absolute Gasteiger partial charge is 0.430 e. The molecule has 82 valence electrons. The van der Waals surface area contributed by atoms with Gasteiger partial charge >= 0.3 is 14.5 Å². The number of esters is 1. The second kappa shape index (κ2) is 5.95. The van der Waals surface area contributed by atoms with Crippen molar-refractivity contribution in [1.29, 1.82) is 0 Å². The third-order valence-corrected chi connectivity index (χ3v) is 5.18. The van der Waals surface area contributed by atoms with Crippen LogP contribution in [0.2, 0.25) is 12.6 Å². The summed E-state index contributed by atoms with van der Waals surface area (Å²) in [6.07, 6.45) is 1.43. The second-order valence-corrected chi connectivity index (χ2v) is 6.89. The van der Waals surface area contributed by atoms with Crippen molar-refractivity contribution in [3.8, 4) is 0 Å². The van der Waals surface area contributed by atoms with Gasteiger partial charge in [0.05, 0.1) is 5.57 Å². The molecule has 0 amide bonds. The molecule has 0 fully saturated rings. The van der Waals surface area contributed by atoms with Crippen LogP contribution in [-0.2, 0) is 18.4 Å². The zero-order valence-corrected chi connectivity index (χ0v) is 10.4. The first-order chi connectivity index (χ1) is 6.49. The number of carbonyl (C=O) groups excluding carboxylic acids is 1. The maximum atomic E-state index is 9.94.